The van der Waals surface area contributed by atoms with Gasteiger partial charge in [-0.15, -0.1) is 0 Å². The lowest BCUT2D eigenvalue weighted by molar-refractivity contribution is 0.0202. The molecule has 4 rings (SSSR count). The number of rotatable bonds is 5. The van der Waals surface area contributed by atoms with Crippen molar-refractivity contribution in [3.8, 4) is 11.1 Å². The zero-order chi connectivity index (χ0) is 19.6. The van der Waals surface area contributed by atoms with E-state index in [-0.39, 0.29) is 6.10 Å². The predicted octanol–water partition coefficient (Wildman–Crippen LogP) is 4.12. The smallest absolute Gasteiger partial charge is 0.242 e. The largest absolute Gasteiger partial charge is 0.372 e. The summed E-state index contributed by atoms with van der Waals surface area (Å²) in [5.74, 6) is 0. The Morgan fingerprint density at radius 3 is 2.18 bits per heavy atom. The van der Waals surface area contributed by atoms with E-state index >= 15 is 0 Å². The van der Waals surface area contributed by atoms with Crippen molar-refractivity contribution in [3.63, 3.8) is 0 Å². The van der Waals surface area contributed by atoms with Crippen LogP contribution in [0.15, 0.2) is 83.8 Å². The molecule has 0 amide bonds. The van der Waals surface area contributed by atoms with Crippen LogP contribution < -0.4 is 0 Å². The van der Waals surface area contributed by atoms with Crippen molar-refractivity contribution in [2.24, 2.45) is 0 Å². The van der Waals surface area contributed by atoms with Crippen molar-refractivity contribution >= 4 is 10.0 Å². The molecule has 0 aliphatic carbocycles. The molecular formula is C23H23NO3S. The Hall–Kier alpha value is -2.47. The van der Waals surface area contributed by atoms with Gasteiger partial charge in [0.1, 0.15) is 0 Å². The third kappa shape index (κ3) is 3.87. The van der Waals surface area contributed by atoms with Gasteiger partial charge in [0.2, 0.25) is 10.0 Å². The van der Waals surface area contributed by atoms with Crippen molar-refractivity contribution in [3.05, 3.63) is 90.0 Å². The van der Waals surface area contributed by atoms with Crippen LogP contribution in [0.25, 0.3) is 11.1 Å². The summed E-state index contributed by atoms with van der Waals surface area (Å²) in [5, 5.41) is 0. The summed E-state index contributed by atoms with van der Waals surface area (Å²) in [7, 11) is -1.95. The summed E-state index contributed by atoms with van der Waals surface area (Å²) >= 11 is 0. The number of likely N-dealkylation sites (N-methyl/N-ethyl adjacent to an activating group) is 1. The molecule has 0 aromatic heterocycles. The van der Waals surface area contributed by atoms with Crippen LogP contribution >= 0.6 is 0 Å². The molecule has 0 bridgehead atoms. The van der Waals surface area contributed by atoms with Crippen molar-refractivity contribution in [2.45, 2.75) is 24.0 Å². The molecule has 144 valence electrons. The first-order valence-electron chi connectivity index (χ1n) is 9.34. The van der Waals surface area contributed by atoms with Crippen LogP contribution in [0.5, 0.6) is 0 Å². The Bertz CT molecular complexity index is 1050. The van der Waals surface area contributed by atoms with E-state index in [9.17, 15) is 8.42 Å². The number of fused-ring (bicyclic) bond motifs is 1. The highest BCUT2D eigenvalue weighted by atomic mass is 32.2. The minimum absolute atomic E-state index is 0.140. The topological polar surface area (TPSA) is 46.6 Å². The Morgan fingerprint density at radius 1 is 0.857 bits per heavy atom. The fourth-order valence-corrected chi connectivity index (χ4v) is 4.74. The van der Waals surface area contributed by atoms with E-state index in [1.807, 2.05) is 54.6 Å². The van der Waals surface area contributed by atoms with Gasteiger partial charge < -0.3 is 4.74 Å². The van der Waals surface area contributed by atoms with Crippen molar-refractivity contribution < 1.29 is 13.2 Å². The lowest BCUT2D eigenvalue weighted by atomic mass is 9.99. The maximum atomic E-state index is 13.0. The molecule has 0 radical (unpaired) electrons. The highest BCUT2D eigenvalue weighted by Crippen LogP contribution is 2.24. The molecule has 1 atom stereocenters. The van der Waals surface area contributed by atoms with Crippen LogP contribution in [-0.2, 0) is 27.8 Å². The fourth-order valence-electron chi connectivity index (χ4n) is 3.54. The summed E-state index contributed by atoms with van der Waals surface area (Å²) in [6, 6.07) is 25.1. The van der Waals surface area contributed by atoms with Gasteiger partial charge in [-0.1, -0.05) is 66.7 Å². The van der Waals surface area contributed by atoms with Gasteiger partial charge in [0.25, 0.3) is 0 Å². The maximum absolute atomic E-state index is 13.0. The van der Waals surface area contributed by atoms with Gasteiger partial charge >= 0.3 is 0 Å². The van der Waals surface area contributed by atoms with Gasteiger partial charge in [-0.05, 0) is 34.4 Å². The van der Waals surface area contributed by atoms with Gasteiger partial charge in [-0.3, -0.25) is 0 Å². The van der Waals surface area contributed by atoms with E-state index in [1.165, 1.54) is 15.4 Å². The first-order chi connectivity index (χ1) is 13.5. The number of nitrogens with zero attached hydrogens (tertiary/aromatic N) is 1. The van der Waals surface area contributed by atoms with Crippen molar-refractivity contribution in [1.29, 1.82) is 0 Å². The second-order valence-electron chi connectivity index (χ2n) is 7.08. The van der Waals surface area contributed by atoms with E-state index in [0.717, 1.165) is 17.5 Å². The Kier molecular flexibility index (Phi) is 5.31. The molecule has 3 aromatic carbocycles. The molecule has 3 aromatic rings. The summed E-state index contributed by atoms with van der Waals surface area (Å²) in [6.45, 7) is 0.859. The molecule has 0 N–H and O–H groups in total. The lowest BCUT2D eigenvalue weighted by Gasteiger charge is -2.28. The molecule has 0 saturated carbocycles. The third-order valence-electron chi connectivity index (χ3n) is 5.17. The van der Waals surface area contributed by atoms with Crippen LogP contribution in [0, 0.1) is 0 Å². The molecular weight excluding hydrogens is 370 g/mol. The summed E-state index contributed by atoms with van der Waals surface area (Å²) in [5.41, 5.74) is 4.47. The molecule has 1 heterocycles. The molecule has 28 heavy (non-hydrogen) atoms. The van der Waals surface area contributed by atoms with Gasteiger partial charge in [0.05, 0.1) is 17.6 Å². The quantitative estimate of drug-likeness (QED) is 0.655. The molecule has 1 aliphatic heterocycles. The highest BCUT2D eigenvalue weighted by molar-refractivity contribution is 7.89. The maximum Gasteiger partial charge on any atom is 0.242 e. The van der Waals surface area contributed by atoms with E-state index in [1.54, 1.807) is 19.2 Å². The highest BCUT2D eigenvalue weighted by Gasteiger charge is 2.26. The molecule has 4 nitrogen and oxygen atoms in total. The average Bonchev–Trinajstić information content (AvgIpc) is 2.74. The first kappa shape index (κ1) is 18.9. The zero-order valence-corrected chi connectivity index (χ0v) is 16.6. The van der Waals surface area contributed by atoms with Crippen LogP contribution in [0.4, 0.5) is 0 Å². The van der Waals surface area contributed by atoms with E-state index < -0.39 is 10.0 Å². The molecule has 1 unspecified atom stereocenters. The molecule has 0 saturated heterocycles. The minimum atomic E-state index is -3.56. The molecule has 0 fully saturated rings. The third-order valence-corrected chi connectivity index (χ3v) is 7.01. The standard InChI is InChI=1S/C23H23NO3S/c1-24(16-22-15-20-9-5-6-10-21(20)17-27-22)28(25,26)23-13-11-19(12-14-23)18-7-3-2-4-8-18/h2-14,22H,15-17H2,1H3. The molecule has 5 heteroatoms. The number of hydrogen-bond acceptors (Lipinski definition) is 3. The summed E-state index contributed by atoms with van der Waals surface area (Å²) < 4.78 is 33.2. The van der Waals surface area contributed by atoms with E-state index in [4.69, 9.17) is 4.74 Å². The number of ether oxygens (including phenoxy) is 1. The normalized spacial score (nSPS) is 16.7. The SMILES string of the molecule is CN(CC1Cc2ccccc2CO1)S(=O)(=O)c1ccc(-c2ccccc2)cc1. The minimum Gasteiger partial charge on any atom is -0.372 e. The Balaban J connectivity index is 1.47. The number of benzene rings is 3. The molecule has 0 spiro atoms. The number of sulfonamides is 1. The van der Waals surface area contributed by atoms with Gasteiger partial charge in [-0.25, -0.2) is 8.42 Å². The monoisotopic (exact) mass is 393 g/mol. The molecule has 1 aliphatic rings. The second-order valence-corrected chi connectivity index (χ2v) is 9.13. The average molecular weight is 394 g/mol. The fraction of sp³-hybridized carbons (Fsp3) is 0.217. The summed E-state index contributed by atoms with van der Waals surface area (Å²) in [4.78, 5) is 0.297. The Labute approximate surface area is 166 Å². The second kappa shape index (κ2) is 7.87. The summed E-state index contributed by atoms with van der Waals surface area (Å²) in [6.07, 6.45) is 0.585. The van der Waals surface area contributed by atoms with Crippen LogP contribution in [0.2, 0.25) is 0 Å². The van der Waals surface area contributed by atoms with Gasteiger partial charge in [-0.2, -0.15) is 4.31 Å². The van der Waals surface area contributed by atoms with Gasteiger partial charge in [0.15, 0.2) is 0 Å². The van der Waals surface area contributed by atoms with Crippen LogP contribution in [-0.4, -0.2) is 32.4 Å². The van der Waals surface area contributed by atoms with Gasteiger partial charge in [0, 0.05) is 20.0 Å². The lowest BCUT2D eigenvalue weighted by Crippen LogP contribution is -2.38. The zero-order valence-electron chi connectivity index (χ0n) is 15.8. The van der Waals surface area contributed by atoms with Crippen molar-refractivity contribution in [1.82, 2.24) is 4.31 Å². The van der Waals surface area contributed by atoms with E-state index in [2.05, 4.69) is 12.1 Å². The van der Waals surface area contributed by atoms with Crippen LogP contribution in [0.3, 0.4) is 0 Å². The Morgan fingerprint density at radius 2 is 1.46 bits per heavy atom. The number of hydrogen-bond donors (Lipinski definition) is 0. The van der Waals surface area contributed by atoms with Crippen LogP contribution in [0.1, 0.15) is 11.1 Å². The van der Waals surface area contributed by atoms with Crippen molar-refractivity contribution in [2.75, 3.05) is 13.6 Å². The predicted molar refractivity (Wildman–Crippen MR) is 110 cm³/mol. The first-order valence-corrected chi connectivity index (χ1v) is 10.8. The van der Waals surface area contributed by atoms with E-state index in [0.29, 0.717) is 18.0 Å².